The van der Waals surface area contributed by atoms with Gasteiger partial charge in [0.1, 0.15) is 0 Å². The summed E-state index contributed by atoms with van der Waals surface area (Å²) in [5.41, 5.74) is 1.75. The molecular formula is C13H9NO3. The van der Waals surface area contributed by atoms with Crippen LogP contribution in [0.15, 0.2) is 47.3 Å². The Balaban J connectivity index is 1.95. The summed E-state index contributed by atoms with van der Waals surface area (Å²) in [6.45, 7) is 0.253. The molecule has 84 valence electrons. The molecule has 0 saturated carbocycles. The molecule has 0 spiro atoms. The molecule has 0 N–H and O–H groups in total. The minimum absolute atomic E-state index is 0.244. The number of fused-ring (bicyclic) bond motifs is 1. The molecule has 2 aromatic rings. The third-order valence-electron chi connectivity index (χ3n) is 2.80. The van der Waals surface area contributed by atoms with E-state index in [1.807, 2.05) is 0 Å². The van der Waals surface area contributed by atoms with Crippen molar-refractivity contribution >= 4 is 11.8 Å². The first-order valence-corrected chi connectivity index (χ1v) is 5.23. The van der Waals surface area contributed by atoms with Gasteiger partial charge in [0.05, 0.1) is 30.2 Å². The number of carbonyl (C=O) groups is 2. The van der Waals surface area contributed by atoms with Crippen molar-refractivity contribution in [2.24, 2.45) is 0 Å². The van der Waals surface area contributed by atoms with Crippen molar-refractivity contribution in [3.63, 3.8) is 0 Å². The number of hydrogen-bond donors (Lipinski definition) is 0. The Bertz CT molecular complexity index is 551. The van der Waals surface area contributed by atoms with E-state index in [-0.39, 0.29) is 18.4 Å². The van der Waals surface area contributed by atoms with Crippen molar-refractivity contribution in [3.05, 3.63) is 59.5 Å². The monoisotopic (exact) mass is 227 g/mol. The van der Waals surface area contributed by atoms with Gasteiger partial charge < -0.3 is 4.42 Å². The first kappa shape index (κ1) is 9.84. The van der Waals surface area contributed by atoms with Crippen LogP contribution in [0.3, 0.4) is 0 Å². The minimum Gasteiger partial charge on any atom is -0.472 e. The predicted molar refractivity (Wildman–Crippen MR) is 59.4 cm³/mol. The van der Waals surface area contributed by atoms with Gasteiger partial charge in [-0.05, 0) is 18.2 Å². The first-order valence-electron chi connectivity index (χ1n) is 5.23. The lowest BCUT2D eigenvalue weighted by atomic mass is 10.1. The van der Waals surface area contributed by atoms with Crippen molar-refractivity contribution in [1.82, 2.24) is 4.90 Å². The van der Waals surface area contributed by atoms with Crippen LogP contribution in [-0.2, 0) is 6.54 Å². The van der Waals surface area contributed by atoms with Gasteiger partial charge in [0.25, 0.3) is 11.8 Å². The van der Waals surface area contributed by atoms with E-state index in [2.05, 4.69) is 0 Å². The maximum Gasteiger partial charge on any atom is 0.261 e. The molecule has 1 aromatic heterocycles. The van der Waals surface area contributed by atoms with Crippen LogP contribution in [0.2, 0.25) is 0 Å². The Morgan fingerprint density at radius 3 is 2.18 bits per heavy atom. The molecule has 2 amide bonds. The smallest absolute Gasteiger partial charge is 0.261 e. The second kappa shape index (κ2) is 3.59. The van der Waals surface area contributed by atoms with E-state index in [9.17, 15) is 9.59 Å². The molecule has 0 bridgehead atoms. The number of benzene rings is 1. The average Bonchev–Trinajstić information content (AvgIpc) is 2.94. The highest BCUT2D eigenvalue weighted by Gasteiger charge is 2.34. The van der Waals surface area contributed by atoms with E-state index in [1.165, 1.54) is 17.4 Å². The van der Waals surface area contributed by atoms with Gasteiger partial charge in [-0.25, -0.2) is 0 Å². The molecule has 0 unspecified atom stereocenters. The van der Waals surface area contributed by atoms with E-state index in [0.29, 0.717) is 11.1 Å². The summed E-state index contributed by atoms with van der Waals surface area (Å²) in [6, 6.07) is 8.59. The van der Waals surface area contributed by atoms with Crippen LogP contribution in [0.1, 0.15) is 26.3 Å². The Morgan fingerprint density at radius 2 is 1.65 bits per heavy atom. The molecule has 4 nitrogen and oxygen atoms in total. The highest BCUT2D eigenvalue weighted by atomic mass is 16.3. The van der Waals surface area contributed by atoms with E-state index in [1.54, 1.807) is 30.3 Å². The fourth-order valence-corrected chi connectivity index (χ4v) is 1.95. The van der Waals surface area contributed by atoms with Gasteiger partial charge in [0, 0.05) is 5.56 Å². The standard InChI is InChI=1S/C13H9NO3/c15-12-10-3-1-2-4-11(10)13(16)14(12)7-9-5-6-17-8-9/h1-6,8H,7H2. The average molecular weight is 227 g/mol. The predicted octanol–water partition coefficient (Wildman–Crippen LogP) is 2.08. The van der Waals surface area contributed by atoms with Gasteiger partial charge >= 0.3 is 0 Å². The normalized spacial score (nSPS) is 14.2. The molecule has 4 heteroatoms. The Hall–Kier alpha value is -2.36. The summed E-state index contributed by atoms with van der Waals surface area (Å²) in [7, 11) is 0. The van der Waals surface area contributed by atoms with E-state index in [0.717, 1.165) is 5.56 Å². The SMILES string of the molecule is O=C1c2ccccc2C(=O)N1Cc1ccoc1. The maximum atomic E-state index is 12.0. The highest BCUT2D eigenvalue weighted by molar-refractivity contribution is 6.21. The van der Waals surface area contributed by atoms with Crippen LogP contribution in [0.4, 0.5) is 0 Å². The third kappa shape index (κ3) is 1.45. The van der Waals surface area contributed by atoms with Crippen molar-refractivity contribution < 1.29 is 14.0 Å². The fourth-order valence-electron chi connectivity index (χ4n) is 1.95. The second-order valence-corrected chi connectivity index (χ2v) is 3.87. The number of furan rings is 1. The van der Waals surface area contributed by atoms with Crippen LogP contribution in [-0.4, -0.2) is 16.7 Å². The number of rotatable bonds is 2. The van der Waals surface area contributed by atoms with Gasteiger partial charge in [-0.2, -0.15) is 0 Å². The zero-order chi connectivity index (χ0) is 11.8. The molecule has 0 saturated heterocycles. The van der Waals surface area contributed by atoms with E-state index < -0.39 is 0 Å². The maximum absolute atomic E-state index is 12.0. The zero-order valence-electron chi connectivity index (χ0n) is 8.92. The van der Waals surface area contributed by atoms with Gasteiger partial charge in [0.15, 0.2) is 0 Å². The molecule has 1 aliphatic rings. The Morgan fingerprint density at radius 1 is 1.00 bits per heavy atom. The van der Waals surface area contributed by atoms with Crippen LogP contribution < -0.4 is 0 Å². The molecule has 0 aliphatic carbocycles. The number of hydrogen-bond acceptors (Lipinski definition) is 3. The fraction of sp³-hybridized carbons (Fsp3) is 0.0769. The second-order valence-electron chi connectivity index (χ2n) is 3.87. The summed E-state index contributed by atoms with van der Waals surface area (Å²) in [5, 5.41) is 0. The number of carbonyl (C=O) groups excluding carboxylic acids is 2. The summed E-state index contributed by atoms with van der Waals surface area (Å²) in [6.07, 6.45) is 3.05. The van der Waals surface area contributed by atoms with Crippen LogP contribution in [0.5, 0.6) is 0 Å². The molecule has 17 heavy (non-hydrogen) atoms. The van der Waals surface area contributed by atoms with E-state index in [4.69, 9.17) is 4.42 Å². The quantitative estimate of drug-likeness (QED) is 0.738. The highest BCUT2D eigenvalue weighted by Crippen LogP contribution is 2.24. The van der Waals surface area contributed by atoms with Crippen molar-refractivity contribution in [2.75, 3.05) is 0 Å². The summed E-state index contributed by atoms with van der Waals surface area (Å²) in [4.78, 5) is 25.2. The Labute approximate surface area is 97.5 Å². The molecule has 0 atom stereocenters. The van der Waals surface area contributed by atoms with Crippen LogP contribution in [0.25, 0.3) is 0 Å². The molecule has 1 aromatic carbocycles. The topological polar surface area (TPSA) is 50.5 Å². The van der Waals surface area contributed by atoms with Crippen molar-refractivity contribution in [3.8, 4) is 0 Å². The molecular weight excluding hydrogens is 218 g/mol. The Kier molecular flexibility index (Phi) is 2.08. The van der Waals surface area contributed by atoms with Gasteiger partial charge in [-0.15, -0.1) is 0 Å². The van der Waals surface area contributed by atoms with Crippen LogP contribution >= 0.6 is 0 Å². The molecule has 0 radical (unpaired) electrons. The van der Waals surface area contributed by atoms with Gasteiger partial charge in [-0.3, -0.25) is 14.5 Å². The lowest BCUT2D eigenvalue weighted by Gasteiger charge is -2.11. The van der Waals surface area contributed by atoms with Crippen molar-refractivity contribution in [1.29, 1.82) is 0 Å². The third-order valence-corrected chi connectivity index (χ3v) is 2.80. The lowest BCUT2D eigenvalue weighted by Crippen LogP contribution is -2.28. The number of nitrogens with zero attached hydrogens (tertiary/aromatic N) is 1. The summed E-state index contributed by atoms with van der Waals surface area (Å²) >= 11 is 0. The zero-order valence-corrected chi connectivity index (χ0v) is 8.92. The van der Waals surface area contributed by atoms with Gasteiger partial charge in [0.2, 0.25) is 0 Å². The summed E-state index contributed by atoms with van der Waals surface area (Å²) < 4.78 is 4.92. The largest absolute Gasteiger partial charge is 0.472 e. The minimum atomic E-state index is -0.244. The molecule has 1 aliphatic heterocycles. The molecule has 2 heterocycles. The van der Waals surface area contributed by atoms with E-state index >= 15 is 0 Å². The summed E-state index contributed by atoms with van der Waals surface area (Å²) in [5.74, 6) is -0.487. The van der Waals surface area contributed by atoms with Gasteiger partial charge in [-0.1, -0.05) is 12.1 Å². The first-order chi connectivity index (χ1) is 8.27. The van der Waals surface area contributed by atoms with Crippen molar-refractivity contribution in [2.45, 2.75) is 6.54 Å². The lowest BCUT2D eigenvalue weighted by molar-refractivity contribution is 0.0642. The van der Waals surface area contributed by atoms with Crippen LogP contribution in [0, 0.1) is 0 Å². The molecule has 3 rings (SSSR count). The number of imide groups is 1. The molecule has 0 fully saturated rings. The number of amides is 2.